The highest BCUT2D eigenvalue weighted by Gasteiger charge is 2.30. The van der Waals surface area contributed by atoms with E-state index in [1.165, 1.54) is 15.4 Å². The van der Waals surface area contributed by atoms with E-state index in [0.29, 0.717) is 22.1 Å². The van der Waals surface area contributed by atoms with Crippen molar-refractivity contribution in [3.8, 4) is 11.4 Å². The van der Waals surface area contributed by atoms with Crippen molar-refractivity contribution in [1.82, 2.24) is 29.6 Å². The van der Waals surface area contributed by atoms with Crippen molar-refractivity contribution < 1.29 is 13.2 Å². The highest BCUT2D eigenvalue weighted by molar-refractivity contribution is 7.98. The van der Waals surface area contributed by atoms with Gasteiger partial charge < -0.3 is 0 Å². The zero-order valence-corrected chi connectivity index (χ0v) is 17.4. The second kappa shape index (κ2) is 8.06. The third-order valence-corrected chi connectivity index (χ3v) is 5.79. The molecule has 11 heteroatoms. The molecule has 0 saturated carbocycles. The largest absolute Gasteiger partial charge is 0.416 e. The van der Waals surface area contributed by atoms with Gasteiger partial charge in [-0.25, -0.2) is 4.68 Å². The summed E-state index contributed by atoms with van der Waals surface area (Å²) >= 11 is 1.15. The predicted molar refractivity (Wildman–Crippen MR) is 109 cm³/mol. The number of rotatable bonds is 5. The number of thioether (sulfide) groups is 1. The Morgan fingerprint density at radius 3 is 2.52 bits per heavy atom. The lowest BCUT2D eigenvalue weighted by molar-refractivity contribution is -0.137. The average Bonchev–Trinajstić information content (AvgIpc) is 3.28. The van der Waals surface area contributed by atoms with Gasteiger partial charge in [-0.1, -0.05) is 48.2 Å². The minimum absolute atomic E-state index is 0.211. The van der Waals surface area contributed by atoms with E-state index in [1.54, 1.807) is 24.7 Å². The van der Waals surface area contributed by atoms with Crippen molar-refractivity contribution in [1.29, 1.82) is 0 Å². The number of halogens is 3. The van der Waals surface area contributed by atoms with Crippen LogP contribution in [0, 0.1) is 6.92 Å². The van der Waals surface area contributed by atoms with Crippen LogP contribution in [0.5, 0.6) is 0 Å². The Morgan fingerprint density at radius 2 is 1.81 bits per heavy atom. The number of alkyl halides is 3. The Labute approximate surface area is 179 Å². The van der Waals surface area contributed by atoms with Crippen LogP contribution in [-0.4, -0.2) is 29.6 Å². The molecule has 31 heavy (non-hydrogen) atoms. The van der Waals surface area contributed by atoms with E-state index in [2.05, 4.69) is 15.5 Å². The molecule has 2 heterocycles. The molecule has 0 spiro atoms. The van der Waals surface area contributed by atoms with Crippen molar-refractivity contribution in [2.24, 2.45) is 7.05 Å². The maximum atomic E-state index is 13.2. The Kier molecular flexibility index (Phi) is 5.44. The summed E-state index contributed by atoms with van der Waals surface area (Å²) < 4.78 is 43.4. The fourth-order valence-electron chi connectivity index (χ4n) is 3.19. The van der Waals surface area contributed by atoms with Gasteiger partial charge in [0.1, 0.15) is 0 Å². The van der Waals surface area contributed by atoms with Crippen molar-refractivity contribution in [3.63, 3.8) is 0 Å². The van der Waals surface area contributed by atoms with Crippen LogP contribution in [0.4, 0.5) is 13.2 Å². The van der Waals surface area contributed by atoms with Gasteiger partial charge in [0.05, 0.1) is 16.9 Å². The molecule has 4 aromatic rings. The third-order valence-electron chi connectivity index (χ3n) is 4.80. The van der Waals surface area contributed by atoms with Crippen LogP contribution in [0.15, 0.2) is 64.5 Å². The molecule has 4 rings (SSSR count). The molecule has 0 amide bonds. The highest BCUT2D eigenvalue weighted by Crippen LogP contribution is 2.31. The van der Waals surface area contributed by atoms with Gasteiger partial charge >= 0.3 is 6.18 Å². The third kappa shape index (κ3) is 4.00. The molecule has 0 aliphatic rings. The van der Waals surface area contributed by atoms with Crippen molar-refractivity contribution >= 4 is 11.8 Å². The molecule has 0 saturated heterocycles. The summed E-state index contributed by atoms with van der Waals surface area (Å²) in [5.74, 6) is 0.211. The van der Waals surface area contributed by atoms with Crippen LogP contribution in [0.25, 0.3) is 11.4 Å². The summed E-state index contributed by atoms with van der Waals surface area (Å²) in [5, 5.41) is 11.9. The molecule has 2 aromatic heterocycles. The molecule has 0 fully saturated rings. The number of para-hydroxylation sites is 1. The molecule has 0 bridgehead atoms. The standard InChI is InChI=1S/C20H17F3N6OS/c1-13-17(18(30)29(27(13)2)16-9-4-3-5-10-16)28-19(24-25-26-28)31-12-14-7-6-8-15(11-14)20(21,22)23/h3-11H,12H2,1-2H3. The van der Waals surface area contributed by atoms with Gasteiger partial charge in [-0.15, -0.1) is 5.10 Å². The van der Waals surface area contributed by atoms with Crippen molar-refractivity contribution in [3.05, 3.63) is 81.8 Å². The molecule has 7 nitrogen and oxygen atoms in total. The molecule has 0 N–H and O–H groups in total. The lowest BCUT2D eigenvalue weighted by atomic mass is 10.1. The lowest BCUT2D eigenvalue weighted by Gasteiger charge is -2.08. The van der Waals surface area contributed by atoms with E-state index in [1.807, 2.05) is 30.3 Å². The average molecular weight is 446 g/mol. The highest BCUT2D eigenvalue weighted by atomic mass is 32.2. The quantitative estimate of drug-likeness (QED) is 0.437. The minimum atomic E-state index is -4.41. The number of tetrazole rings is 1. The number of hydrogen-bond donors (Lipinski definition) is 0. The fraction of sp³-hybridized carbons (Fsp3) is 0.200. The maximum absolute atomic E-state index is 13.2. The monoisotopic (exact) mass is 446 g/mol. The molecule has 0 aliphatic heterocycles. The Morgan fingerprint density at radius 1 is 1.06 bits per heavy atom. The van der Waals surface area contributed by atoms with Crippen LogP contribution in [0.2, 0.25) is 0 Å². The zero-order chi connectivity index (χ0) is 22.2. The molecule has 160 valence electrons. The van der Waals surface area contributed by atoms with Gasteiger partial charge in [0, 0.05) is 12.8 Å². The first-order valence-electron chi connectivity index (χ1n) is 9.19. The number of aromatic nitrogens is 6. The molecule has 2 aromatic carbocycles. The normalized spacial score (nSPS) is 11.8. The molecule has 0 radical (unpaired) electrons. The van der Waals surface area contributed by atoms with Crippen LogP contribution in [-0.2, 0) is 19.0 Å². The topological polar surface area (TPSA) is 70.5 Å². The summed E-state index contributed by atoms with van der Waals surface area (Å²) in [6.45, 7) is 1.78. The van der Waals surface area contributed by atoms with Gasteiger partial charge in [-0.2, -0.15) is 17.9 Å². The smallest absolute Gasteiger partial charge is 0.283 e. The van der Waals surface area contributed by atoms with Gasteiger partial charge in [0.2, 0.25) is 5.16 Å². The van der Waals surface area contributed by atoms with Crippen LogP contribution in [0.1, 0.15) is 16.8 Å². The number of nitrogens with zero attached hydrogens (tertiary/aromatic N) is 6. The van der Waals surface area contributed by atoms with E-state index in [0.717, 1.165) is 23.9 Å². The van der Waals surface area contributed by atoms with Crippen molar-refractivity contribution in [2.45, 2.75) is 24.0 Å². The van der Waals surface area contributed by atoms with Crippen molar-refractivity contribution in [2.75, 3.05) is 0 Å². The van der Waals surface area contributed by atoms with Crippen LogP contribution >= 0.6 is 11.8 Å². The van der Waals surface area contributed by atoms with Crippen LogP contribution in [0.3, 0.4) is 0 Å². The molecule has 0 unspecified atom stereocenters. The first-order chi connectivity index (χ1) is 14.8. The van der Waals surface area contributed by atoms with E-state index < -0.39 is 11.7 Å². The molecular weight excluding hydrogens is 429 g/mol. The molecule has 0 atom stereocenters. The SMILES string of the molecule is Cc1c(-n2nnnc2SCc2cccc(C(F)(F)F)c2)c(=O)n(-c2ccccc2)n1C. The van der Waals surface area contributed by atoms with Crippen LogP contribution < -0.4 is 5.56 Å². The Hall–Kier alpha value is -3.34. The van der Waals surface area contributed by atoms with E-state index >= 15 is 0 Å². The summed E-state index contributed by atoms with van der Waals surface area (Å²) in [7, 11) is 1.76. The lowest BCUT2D eigenvalue weighted by Crippen LogP contribution is -2.22. The first kappa shape index (κ1) is 20.9. The summed E-state index contributed by atoms with van der Waals surface area (Å²) in [6.07, 6.45) is -4.41. The van der Waals surface area contributed by atoms with Gasteiger partial charge in [0.15, 0.2) is 5.69 Å². The fourth-order valence-corrected chi connectivity index (χ4v) is 4.01. The van der Waals surface area contributed by atoms with Gasteiger partial charge in [0.25, 0.3) is 5.56 Å². The summed E-state index contributed by atoms with van der Waals surface area (Å²) in [5.41, 5.74) is 1.07. The predicted octanol–water partition coefficient (Wildman–Crippen LogP) is 3.77. The first-order valence-corrected chi connectivity index (χ1v) is 10.2. The summed E-state index contributed by atoms with van der Waals surface area (Å²) in [6, 6.07) is 14.2. The zero-order valence-electron chi connectivity index (χ0n) is 16.5. The number of hydrogen-bond acceptors (Lipinski definition) is 5. The second-order valence-electron chi connectivity index (χ2n) is 6.77. The molecule has 0 aliphatic carbocycles. The van der Waals surface area contributed by atoms with Gasteiger partial charge in [-0.3, -0.25) is 9.48 Å². The second-order valence-corrected chi connectivity index (χ2v) is 7.71. The summed E-state index contributed by atoms with van der Waals surface area (Å²) in [4.78, 5) is 13.2. The Balaban J connectivity index is 1.67. The number of benzene rings is 2. The van der Waals surface area contributed by atoms with E-state index in [-0.39, 0.29) is 17.0 Å². The molecular formula is C20H17F3N6OS. The Bertz CT molecular complexity index is 1280. The maximum Gasteiger partial charge on any atom is 0.416 e. The van der Waals surface area contributed by atoms with E-state index in [9.17, 15) is 18.0 Å². The minimum Gasteiger partial charge on any atom is -0.283 e. The van der Waals surface area contributed by atoms with Gasteiger partial charge in [-0.05, 0) is 41.1 Å². The van der Waals surface area contributed by atoms with E-state index in [4.69, 9.17) is 0 Å².